The Bertz CT molecular complexity index is 407. The lowest BCUT2D eigenvalue weighted by molar-refractivity contribution is 0.168. The summed E-state index contributed by atoms with van der Waals surface area (Å²) in [5.41, 5.74) is 1.20. The fraction of sp³-hybridized carbons (Fsp3) is 0.625. The monoisotopic (exact) mass is 281 g/mol. The van der Waals surface area contributed by atoms with Gasteiger partial charge in [-0.25, -0.2) is 0 Å². The zero-order valence-corrected chi connectivity index (χ0v) is 13.1. The second-order valence-electron chi connectivity index (χ2n) is 5.45. The Balaban J connectivity index is 2.59. The van der Waals surface area contributed by atoms with E-state index in [9.17, 15) is 5.11 Å². The predicted molar refractivity (Wildman–Crippen MR) is 81.6 cm³/mol. The van der Waals surface area contributed by atoms with Gasteiger partial charge in [0.1, 0.15) is 0 Å². The van der Waals surface area contributed by atoms with Gasteiger partial charge in [0.25, 0.3) is 0 Å². The standard InChI is InChI=1S/C16H27NO3/c1-11(8-13(3)18)17-12(2)9-14-6-7-15(19-4)16(10-14)20-5/h6-7,10-13,17-18H,8-9H2,1-5H3. The summed E-state index contributed by atoms with van der Waals surface area (Å²) in [7, 11) is 3.29. The molecule has 114 valence electrons. The average molecular weight is 281 g/mol. The summed E-state index contributed by atoms with van der Waals surface area (Å²) in [5, 5.41) is 12.9. The Kier molecular flexibility index (Phi) is 6.82. The fourth-order valence-corrected chi connectivity index (χ4v) is 2.49. The second kappa shape index (κ2) is 8.12. The number of hydrogen-bond donors (Lipinski definition) is 2. The maximum atomic E-state index is 9.38. The number of aliphatic hydroxyl groups excluding tert-OH is 1. The molecule has 0 heterocycles. The number of nitrogens with one attached hydrogen (secondary N) is 1. The first-order chi connectivity index (χ1) is 9.46. The lowest BCUT2D eigenvalue weighted by Crippen LogP contribution is -2.37. The van der Waals surface area contributed by atoms with Gasteiger partial charge < -0.3 is 19.9 Å². The van der Waals surface area contributed by atoms with Crippen molar-refractivity contribution in [3.05, 3.63) is 23.8 Å². The topological polar surface area (TPSA) is 50.7 Å². The largest absolute Gasteiger partial charge is 0.493 e. The molecule has 20 heavy (non-hydrogen) atoms. The van der Waals surface area contributed by atoms with Crippen molar-refractivity contribution in [1.29, 1.82) is 0 Å². The minimum absolute atomic E-state index is 0.272. The van der Waals surface area contributed by atoms with Crippen LogP contribution in [0.15, 0.2) is 18.2 Å². The highest BCUT2D eigenvalue weighted by Gasteiger charge is 2.12. The molecule has 0 bridgehead atoms. The van der Waals surface area contributed by atoms with E-state index in [2.05, 4.69) is 25.2 Å². The highest BCUT2D eigenvalue weighted by atomic mass is 16.5. The quantitative estimate of drug-likeness (QED) is 0.768. The molecule has 3 atom stereocenters. The minimum atomic E-state index is -0.272. The molecule has 2 N–H and O–H groups in total. The van der Waals surface area contributed by atoms with Crippen LogP contribution in [0.5, 0.6) is 11.5 Å². The van der Waals surface area contributed by atoms with E-state index in [-0.39, 0.29) is 6.10 Å². The Morgan fingerprint density at radius 2 is 1.70 bits per heavy atom. The number of benzene rings is 1. The predicted octanol–water partition coefficient (Wildman–Crippen LogP) is 2.38. The first kappa shape index (κ1) is 16.8. The normalized spacial score (nSPS) is 15.5. The summed E-state index contributed by atoms with van der Waals surface area (Å²) in [5.74, 6) is 1.51. The maximum absolute atomic E-state index is 9.38. The molecule has 4 nitrogen and oxygen atoms in total. The molecule has 1 aromatic carbocycles. The van der Waals surface area contributed by atoms with Crippen molar-refractivity contribution in [2.75, 3.05) is 14.2 Å². The zero-order chi connectivity index (χ0) is 15.1. The van der Waals surface area contributed by atoms with E-state index in [4.69, 9.17) is 9.47 Å². The first-order valence-electron chi connectivity index (χ1n) is 7.11. The van der Waals surface area contributed by atoms with Gasteiger partial charge in [0.2, 0.25) is 0 Å². The van der Waals surface area contributed by atoms with Crippen LogP contribution >= 0.6 is 0 Å². The van der Waals surface area contributed by atoms with Gasteiger partial charge in [-0.15, -0.1) is 0 Å². The number of ether oxygens (including phenoxy) is 2. The van der Waals surface area contributed by atoms with Crippen molar-refractivity contribution >= 4 is 0 Å². The lowest BCUT2D eigenvalue weighted by atomic mass is 10.0. The number of rotatable bonds is 8. The van der Waals surface area contributed by atoms with Crippen molar-refractivity contribution < 1.29 is 14.6 Å². The summed E-state index contributed by atoms with van der Waals surface area (Å²) in [6, 6.07) is 6.63. The first-order valence-corrected chi connectivity index (χ1v) is 7.11. The van der Waals surface area contributed by atoms with E-state index < -0.39 is 0 Å². The third kappa shape index (κ3) is 5.39. The molecule has 0 aromatic heterocycles. The van der Waals surface area contributed by atoms with Gasteiger partial charge >= 0.3 is 0 Å². The van der Waals surface area contributed by atoms with Gasteiger partial charge in [-0.2, -0.15) is 0 Å². The van der Waals surface area contributed by atoms with E-state index in [1.165, 1.54) is 5.56 Å². The molecule has 0 aliphatic carbocycles. The van der Waals surface area contributed by atoms with Crippen molar-refractivity contribution in [3.63, 3.8) is 0 Å². The van der Waals surface area contributed by atoms with E-state index in [0.717, 1.165) is 24.3 Å². The molecule has 1 rings (SSSR count). The lowest BCUT2D eigenvalue weighted by Gasteiger charge is -2.21. The van der Waals surface area contributed by atoms with Gasteiger partial charge in [-0.1, -0.05) is 6.07 Å². The van der Waals surface area contributed by atoms with Crippen molar-refractivity contribution in [2.45, 2.75) is 51.8 Å². The van der Waals surface area contributed by atoms with Crippen LogP contribution in [0.3, 0.4) is 0 Å². The molecule has 0 saturated carbocycles. The summed E-state index contributed by atoms with van der Waals surface area (Å²) in [4.78, 5) is 0. The van der Waals surface area contributed by atoms with E-state index in [0.29, 0.717) is 12.1 Å². The molecule has 3 unspecified atom stereocenters. The van der Waals surface area contributed by atoms with Crippen LogP contribution < -0.4 is 14.8 Å². The van der Waals surface area contributed by atoms with Crippen LogP contribution in [0.1, 0.15) is 32.8 Å². The second-order valence-corrected chi connectivity index (χ2v) is 5.45. The third-order valence-corrected chi connectivity index (χ3v) is 3.25. The summed E-state index contributed by atoms with van der Waals surface area (Å²) in [6.07, 6.45) is 1.40. The van der Waals surface area contributed by atoms with E-state index >= 15 is 0 Å². The molecule has 4 heteroatoms. The van der Waals surface area contributed by atoms with Crippen LogP contribution in [0.2, 0.25) is 0 Å². The van der Waals surface area contributed by atoms with Gasteiger partial charge in [0, 0.05) is 12.1 Å². The highest BCUT2D eigenvalue weighted by Crippen LogP contribution is 2.27. The molecule has 0 spiro atoms. The fourth-order valence-electron chi connectivity index (χ4n) is 2.49. The van der Waals surface area contributed by atoms with Crippen molar-refractivity contribution in [1.82, 2.24) is 5.32 Å². The highest BCUT2D eigenvalue weighted by molar-refractivity contribution is 5.43. The molecule has 0 aliphatic heterocycles. The SMILES string of the molecule is COc1ccc(CC(C)NC(C)CC(C)O)cc1OC. The third-order valence-electron chi connectivity index (χ3n) is 3.25. The molecule has 0 amide bonds. The van der Waals surface area contributed by atoms with Gasteiger partial charge in [-0.3, -0.25) is 0 Å². The maximum Gasteiger partial charge on any atom is 0.160 e. The van der Waals surface area contributed by atoms with E-state index in [1.807, 2.05) is 19.1 Å². The molecule has 0 aliphatic rings. The summed E-state index contributed by atoms with van der Waals surface area (Å²) >= 11 is 0. The molecule has 0 saturated heterocycles. The Morgan fingerprint density at radius 1 is 1.05 bits per heavy atom. The molecule has 0 fully saturated rings. The molecule has 0 radical (unpaired) electrons. The van der Waals surface area contributed by atoms with E-state index in [1.54, 1.807) is 14.2 Å². The average Bonchev–Trinajstić information content (AvgIpc) is 2.37. The van der Waals surface area contributed by atoms with Crippen LogP contribution in [0.25, 0.3) is 0 Å². The smallest absolute Gasteiger partial charge is 0.160 e. The van der Waals surface area contributed by atoms with Crippen molar-refractivity contribution in [3.8, 4) is 11.5 Å². The van der Waals surface area contributed by atoms with Crippen LogP contribution in [0, 0.1) is 0 Å². The number of aliphatic hydroxyl groups is 1. The van der Waals surface area contributed by atoms with Crippen LogP contribution in [-0.4, -0.2) is 37.5 Å². The van der Waals surface area contributed by atoms with Crippen molar-refractivity contribution in [2.24, 2.45) is 0 Å². The minimum Gasteiger partial charge on any atom is -0.493 e. The van der Waals surface area contributed by atoms with Crippen LogP contribution in [-0.2, 0) is 6.42 Å². The summed E-state index contributed by atoms with van der Waals surface area (Å²) < 4.78 is 10.5. The molecular formula is C16H27NO3. The number of hydrogen-bond acceptors (Lipinski definition) is 4. The van der Waals surface area contributed by atoms with Gasteiger partial charge in [-0.05, 0) is 51.3 Å². The molecule has 1 aromatic rings. The van der Waals surface area contributed by atoms with Gasteiger partial charge in [0.05, 0.1) is 20.3 Å². The van der Waals surface area contributed by atoms with Gasteiger partial charge in [0.15, 0.2) is 11.5 Å². The Hall–Kier alpha value is -1.26. The summed E-state index contributed by atoms with van der Waals surface area (Å²) in [6.45, 7) is 6.06. The van der Waals surface area contributed by atoms with Crippen LogP contribution in [0.4, 0.5) is 0 Å². The Labute approximate surface area is 122 Å². The Morgan fingerprint density at radius 3 is 2.25 bits per heavy atom. The zero-order valence-electron chi connectivity index (χ0n) is 13.1. The number of methoxy groups -OCH3 is 2. The molecular weight excluding hydrogens is 254 g/mol.